The Balaban J connectivity index is 1.49. The van der Waals surface area contributed by atoms with Gasteiger partial charge in [-0.05, 0) is 32.6 Å². The molecule has 160 valence electrons. The van der Waals surface area contributed by atoms with E-state index in [9.17, 15) is 0 Å². The highest BCUT2D eigenvalue weighted by molar-refractivity contribution is 7.09. The van der Waals surface area contributed by atoms with Crippen LogP contribution in [0.2, 0.25) is 0 Å². The standard InChI is InChI=1S/C21H29N7OS/c1-13(2)19-26-21(30-27-19)23-11-17-16(10-24-28(17)4)20-22-12-18(14(3)25-20)29-15-8-6-5-7-9-15/h10,12-13,15H,5-9,11H2,1-4H3,(H,23,26,27). The van der Waals surface area contributed by atoms with Gasteiger partial charge in [0.1, 0.15) is 5.82 Å². The summed E-state index contributed by atoms with van der Waals surface area (Å²) in [6.07, 6.45) is 9.91. The summed E-state index contributed by atoms with van der Waals surface area (Å²) in [6.45, 7) is 6.73. The fourth-order valence-electron chi connectivity index (χ4n) is 3.62. The van der Waals surface area contributed by atoms with Gasteiger partial charge in [-0.3, -0.25) is 4.68 Å². The van der Waals surface area contributed by atoms with Crippen LogP contribution in [0.4, 0.5) is 5.13 Å². The van der Waals surface area contributed by atoms with Gasteiger partial charge >= 0.3 is 0 Å². The van der Waals surface area contributed by atoms with Crippen LogP contribution in [0.1, 0.15) is 69.1 Å². The molecule has 0 saturated heterocycles. The van der Waals surface area contributed by atoms with Gasteiger partial charge in [0.2, 0.25) is 5.13 Å². The molecule has 3 aromatic heterocycles. The molecule has 3 aromatic rings. The van der Waals surface area contributed by atoms with Gasteiger partial charge in [0, 0.05) is 24.5 Å². The van der Waals surface area contributed by atoms with Crippen molar-refractivity contribution in [3.63, 3.8) is 0 Å². The minimum Gasteiger partial charge on any atom is -0.487 e. The summed E-state index contributed by atoms with van der Waals surface area (Å²) in [5.41, 5.74) is 2.77. The average Bonchev–Trinajstić information content (AvgIpc) is 3.36. The molecule has 1 N–H and O–H groups in total. The van der Waals surface area contributed by atoms with E-state index in [2.05, 4.69) is 38.6 Å². The first-order chi connectivity index (χ1) is 14.5. The largest absolute Gasteiger partial charge is 0.487 e. The van der Waals surface area contributed by atoms with Gasteiger partial charge in [-0.2, -0.15) is 9.47 Å². The van der Waals surface area contributed by atoms with Crippen LogP contribution in [0, 0.1) is 6.92 Å². The second-order valence-corrected chi connectivity index (χ2v) is 8.87. The molecule has 30 heavy (non-hydrogen) atoms. The SMILES string of the molecule is Cc1nc(-c2cnn(C)c2CNc2nc(C(C)C)ns2)ncc1OC1CCCCC1. The average molecular weight is 428 g/mol. The molecule has 0 aromatic carbocycles. The molecular formula is C21H29N7OS. The van der Waals surface area contributed by atoms with E-state index >= 15 is 0 Å². The zero-order chi connectivity index (χ0) is 21.1. The van der Waals surface area contributed by atoms with Gasteiger partial charge in [0.25, 0.3) is 0 Å². The number of nitrogens with zero attached hydrogens (tertiary/aromatic N) is 6. The smallest absolute Gasteiger partial charge is 0.202 e. The van der Waals surface area contributed by atoms with Crippen molar-refractivity contribution in [3.05, 3.63) is 29.6 Å². The van der Waals surface area contributed by atoms with Crippen molar-refractivity contribution in [1.82, 2.24) is 29.1 Å². The monoisotopic (exact) mass is 427 g/mol. The van der Waals surface area contributed by atoms with Crippen LogP contribution in [0.15, 0.2) is 12.4 Å². The minimum absolute atomic E-state index is 0.285. The van der Waals surface area contributed by atoms with Crippen LogP contribution < -0.4 is 10.1 Å². The van der Waals surface area contributed by atoms with Crippen molar-refractivity contribution in [2.45, 2.75) is 71.4 Å². The fraction of sp³-hybridized carbons (Fsp3) is 0.571. The van der Waals surface area contributed by atoms with Crippen molar-refractivity contribution in [2.24, 2.45) is 7.05 Å². The summed E-state index contributed by atoms with van der Waals surface area (Å²) >= 11 is 1.38. The van der Waals surface area contributed by atoms with E-state index in [1.165, 1.54) is 30.8 Å². The molecule has 0 spiro atoms. The number of hydrogen-bond acceptors (Lipinski definition) is 8. The van der Waals surface area contributed by atoms with Crippen LogP contribution in [-0.4, -0.2) is 35.2 Å². The Morgan fingerprint density at radius 1 is 1.20 bits per heavy atom. The lowest BCUT2D eigenvalue weighted by Gasteiger charge is -2.23. The maximum atomic E-state index is 6.17. The molecule has 0 unspecified atom stereocenters. The summed E-state index contributed by atoms with van der Waals surface area (Å²) < 4.78 is 12.4. The third-order valence-corrected chi connectivity index (χ3v) is 6.13. The van der Waals surface area contributed by atoms with Crippen LogP contribution in [0.3, 0.4) is 0 Å². The molecule has 1 fully saturated rings. The van der Waals surface area contributed by atoms with Crippen LogP contribution in [0.5, 0.6) is 5.75 Å². The molecule has 0 radical (unpaired) electrons. The lowest BCUT2D eigenvalue weighted by molar-refractivity contribution is 0.152. The Kier molecular flexibility index (Phi) is 6.26. The number of ether oxygens (including phenoxy) is 1. The van der Waals surface area contributed by atoms with Crippen molar-refractivity contribution in [1.29, 1.82) is 0 Å². The summed E-state index contributed by atoms with van der Waals surface area (Å²) in [4.78, 5) is 13.9. The highest BCUT2D eigenvalue weighted by Gasteiger charge is 2.19. The van der Waals surface area contributed by atoms with Crippen molar-refractivity contribution < 1.29 is 4.74 Å². The van der Waals surface area contributed by atoms with E-state index in [1.54, 1.807) is 6.20 Å². The number of aromatic nitrogens is 6. The molecule has 1 aliphatic carbocycles. The van der Waals surface area contributed by atoms with Crippen LogP contribution in [0.25, 0.3) is 11.4 Å². The van der Waals surface area contributed by atoms with Gasteiger partial charge in [0.05, 0.1) is 42.0 Å². The van der Waals surface area contributed by atoms with Crippen molar-refractivity contribution in [2.75, 3.05) is 5.32 Å². The van der Waals surface area contributed by atoms with E-state index in [1.807, 2.05) is 24.9 Å². The molecule has 0 atom stereocenters. The summed E-state index contributed by atoms with van der Waals surface area (Å²) in [5, 5.41) is 8.58. The number of anilines is 1. The molecule has 8 nitrogen and oxygen atoms in total. The molecule has 1 saturated carbocycles. The number of hydrogen-bond donors (Lipinski definition) is 1. The first-order valence-corrected chi connectivity index (χ1v) is 11.4. The molecule has 0 aliphatic heterocycles. The highest BCUT2D eigenvalue weighted by Crippen LogP contribution is 2.27. The normalized spacial score (nSPS) is 15.0. The molecule has 1 aliphatic rings. The van der Waals surface area contributed by atoms with Crippen molar-refractivity contribution >= 4 is 16.7 Å². The number of rotatable bonds is 7. The lowest BCUT2D eigenvalue weighted by atomic mass is 9.98. The third kappa shape index (κ3) is 4.61. The van der Waals surface area contributed by atoms with Gasteiger partial charge < -0.3 is 10.1 Å². The zero-order valence-corrected chi connectivity index (χ0v) is 18.9. The van der Waals surface area contributed by atoms with E-state index in [4.69, 9.17) is 9.72 Å². The van der Waals surface area contributed by atoms with Gasteiger partial charge in [-0.1, -0.05) is 20.3 Å². The number of nitrogens with one attached hydrogen (secondary N) is 1. The molecule has 9 heteroatoms. The molecule has 4 rings (SSSR count). The number of aryl methyl sites for hydroxylation is 2. The van der Waals surface area contributed by atoms with Crippen LogP contribution in [-0.2, 0) is 13.6 Å². The zero-order valence-electron chi connectivity index (χ0n) is 18.1. The molecule has 0 bridgehead atoms. The van der Waals surface area contributed by atoms with Gasteiger partial charge in [-0.15, -0.1) is 0 Å². The predicted molar refractivity (Wildman–Crippen MR) is 118 cm³/mol. The van der Waals surface area contributed by atoms with E-state index in [0.717, 1.165) is 46.5 Å². The van der Waals surface area contributed by atoms with Crippen LogP contribution >= 0.6 is 11.5 Å². The maximum absolute atomic E-state index is 6.17. The summed E-state index contributed by atoms with van der Waals surface area (Å²) in [5.74, 6) is 2.62. The summed E-state index contributed by atoms with van der Waals surface area (Å²) in [7, 11) is 1.92. The quantitative estimate of drug-likeness (QED) is 0.594. The second kappa shape index (κ2) is 9.07. The summed E-state index contributed by atoms with van der Waals surface area (Å²) in [6, 6.07) is 0. The fourth-order valence-corrected chi connectivity index (χ4v) is 4.33. The Hall–Kier alpha value is -2.55. The van der Waals surface area contributed by atoms with E-state index < -0.39 is 0 Å². The topological polar surface area (TPSA) is 90.6 Å². The Morgan fingerprint density at radius 2 is 2.00 bits per heavy atom. The first-order valence-electron chi connectivity index (χ1n) is 10.6. The Bertz CT molecular complexity index is 991. The first kappa shape index (κ1) is 20.7. The van der Waals surface area contributed by atoms with Crippen molar-refractivity contribution in [3.8, 4) is 17.1 Å². The lowest BCUT2D eigenvalue weighted by Crippen LogP contribution is -2.20. The minimum atomic E-state index is 0.285. The maximum Gasteiger partial charge on any atom is 0.202 e. The second-order valence-electron chi connectivity index (χ2n) is 8.12. The molecular weight excluding hydrogens is 398 g/mol. The highest BCUT2D eigenvalue weighted by atomic mass is 32.1. The molecule has 0 amide bonds. The van der Waals surface area contributed by atoms with E-state index in [-0.39, 0.29) is 6.10 Å². The van der Waals surface area contributed by atoms with E-state index in [0.29, 0.717) is 18.3 Å². The molecule has 3 heterocycles. The van der Waals surface area contributed by atoms with Gasteiger partial charge in [0.15, 0.2) is 11.6 Å². The predicted octanol–water partition coefficient (Wildman–Crippen LogP) is 4.48. The Labute approximate surface area is 181 Å². The van der Waals surface area contributed by atoms with Gasteiger partial charge in [-0.25, -0.2) is 15.0 Å². The third-order valence-electron chi connectivity index (χ3n) is 5.45. The Morgan fingerprint density at radius 3 is 2.70 bits per heavy atom.